The van der Waals surface area contributed by atoms with Gasteiger partial charge in [0, 0.05) is 6.08 Å². The van der Waals surface area contributed by atoms with Crippen LogP contribution in [0.5, 0.6) is 0 Å². The van der Waals surface area contributed by atoms with Gasteiger partial charge in [0.2, 0.25) is 0 Å². The zero-order chi connectivity index (χ0) is 14.4. The summed E-state index contributed by atoms with van der Waals surface area (Å²) >= 11 is 0. The van der Waals surface area contributed by atoms with Crippen LogP contribution in [0.25, 0.3) is 0 Å². The summed E-state index contributed by atoms with van der Waals surface area (Å²) in [7, 11) is 0. The number of carbonyl (C=O) groups is 2. The lowest BCUT2D eigenvalue weighted by atomic mass is 10.0. The summed E-state index contributed by atoms with van der Waals surface area (Å²) in [6, 6.07) is 3.80. The van der Waals surface area contributed by atoms with Crippen LogP contribution in [0, 0.1) is 20.8 Å². The fraction of sp³-hybridized carbons (Fsp3) is 0.333. The molecule has 0 aliphatic heterocycles. The van der Waals surface area contributed by atoms with Crippen molar-refractivity contribution < 1.29 is 19.1 Å². The van der Waals surface area contributed by atoms with Gasteiger partial charge in [-0.3, -0.25) is 0 Å². The number of ether oxygens (including phenoxy) is 2. The largest absolute Gasteiger partial charge is 0.459 e. The second-order valence-electron chi connectivity index (χ2n) is 4.26. The van der Waals surface area contributed by atoms with Gasteiger partial charge in [-0.2, -0.15) is 0 Å². The van der Waals surface area contributed by atoms with Crippen molar-refractivity contribution >= 4 is 11.9 Å². The Kier molecular flexibility index (Phi) is 5.30. The van der Waals surface area contributed by atoms with Gasteiger partial charge in [0.15, 0.2) is 0 Å². The third-order valence-electron chi connectivity index (χ3n) is 2.76. The van der Waals surface area contributed by atoms with Gasteiger partial charge in [0.1, 0.15) is 13.2 Å². The molecule has 0 spiro atoms. The number of carbonyl (C=O) groups excluding carboxylic acids is 2. The van der Waals surface area contributed by atoms with Gasteiger partial charge < -0.3 is 9.47 Å². The van der Waals surface area contributed by atoms with E-state index in [-0.39, 0.29) is 13.2 Å². The quantitative estimate of drug-likeness (QED) is 0.465. The molecule has 0 radical (unpaired) electrons. The molecule has 0 N–H and O–H groups in total. The topological polar surface area (TPSA) is 52.6 Å². The van der Waals surface area contributed by atoms with Gasteiger partial charge in [-0.15, -0.1) is 0 Å². The molecule has 0 unspecified atom stereocenters. The molecule has 0 fully saturated rings. The number of benzene rings is 1. The van der Waals surface area contributed by atoms with E-state index in [1.54, 1.807) is 6.07 Å². The van der Waals surface area contributed by atoms with Crippen LogP contribution in [0.4, 0.5) is 0 Å². The van der Waals surface area contributed by atoms with Crippen LogP contribution in [0.1, 0.15) is 27.0 Å². The van der Waals surface area contributed by atoms with E-state index in [2.05, 4.69) is 6.58 Å². The Morgan fingerprint density at radius 1 is 1.16 bits per heavy atom. The highest BCUT2D eigenvalue weighted by Gasteiger charge is 2.12. The van der Waals surface area contributed by atoms with Crippen molar-refractivity contribution in [2.45, 2.75) is 20.8 Å². The van der Waals surface area contributed by atoms with Gasteiger partial charge in [-0.1, -0.05) is 12.6 Å². The maximum Gasteiger partial charge on any atom is 0.338 e. The second-order valence-corrected chi connectivity index (χ2v) is 4.26. The van der Waals surface area contributed by atoms with E-state index in [4.69, 9.17) is 9.47 Å². The normalized spacial score (nSPS) is 9.84. The zero-order valence-electron chi connectivity index (χ0n) is 11.5. The van der Waals surface area contributed by atoms with Gasteiger partial charge in [0.25, 0.3) is 0 Å². The van der Waals surface area contributed by atoms with Crippen LogP contribution >= 0.6 is 0 Å². The third-order valence-corrected chi connectivity index (χ3v) is 2.76. The van der Waals surface area contributed by atoms with E-state index in [1.165, 1.54) is 0 Å². The lowest BCUT2D eigenvalue weighted by Gasteiger charge is -2.10. The average molecular weight is 262 g/mol. The van der Waals surface area contributed by atoms with Crippen molar-refractivity contribution in [2.75, 3.05) is 13.2 Å². The van der Waals surface area contributed by atoms with Crippen molar-refractivity contribution in [1.82, 2.24) is 0 Å². The summed E-state index contributed by atoms with van der Waals surface area (Å²) in [6.07, 6.45) is 1.07. The number of hydrogen-bond acceptors (Lipinski definition) is 4. The molecule has 0 saturated carbocycles. The molecule has 1 aromatic rings. The maximum atomic E-state index is 11.9. The molecule has 1 aromatic carbocycles. The predicted octanol–water partition coefficient (Wildman–Crippen LogP) is 2.50. The van der Waals surface area contributed by atoms with E-state index in [0.29, 0.717) is 5.56 Å². The Hall–Kier alpha value is -2.10. The summed E-state index contributed by atoms with van der Waals surface area (Å²) in [6.45, 7) is 9.08. The summed E-state index contributed by atoms with van der Waals surface area (Å²) in [4.78, 5) is 22.7. The Morgan fingerprint density at radius 2 is 1.79 bits per heavy atom. The van der Waals surface area contributed by atoms with Crippen molar-refractivity contribution in [3.05, 3.63) is 47.0 Å². The lowest BCUT2D eigenvalue weighted by molar-refractivity contribution is -0.138. The molecule has 0 aromatic heterocycles. The fourth-order valence-corrected chi connectivity index (χ4v) is 1.67. The van der Waals surface area contributed by atoms with E-state index < -0.39 is 11.9 Å². The highest BCUT2D eigenvalue weighted by atomic mass is 16.6. The second kappa shape index (κ2) is 6.73. The minimum Gasteiger partial charge on any atom is -0.459 e. The Bertz CT molecular complexity index is 503. The molecule has 0 atom stereocenters. The van der Waals surface area contributed by atoms with Crippen LogP contribution in [0.2, 0.25) is 0 Å². The van der Waals surface area contributed by atoms with E-state index >= 15 is 0 Å². The Labute approximate surface area is 113 Å². The van der Waals surface area contributed by atoms with Gasteiger partial charge in [-0.25, -0.2) is 9.59 Å². The minimum absolute atomic E-state index is 0.0282. The average Bonchev–Trinajstić information content (AvgIpc) is 2.38. The number of rotatable bonds is 5. The first kappa shape index (κ1) is 15.0. The molecule has 1 rings (SSSR count). The maximum absolute atomic E-state index is 11.9. The number of esters is 2. The van der Waals surface area contributed by atoms with Gasteiger partial charge in [-0.05, 0) is 43.5 Å². The molecule has 0 amide bonds. The molecule has 0 heterocycles. The Balaban J connectivity index is 2.59. The summed E-state index contributed by atoms with van der Waals surface area (Å²) in [5.41, 5.74) is 3.50. The van der Waals surface area contributed by atoms with Crippen LogP contribution in [0.15, 0.2) is 24.8 Å². The number of aryl methyl sites for hydroxylation is 2. The molecule has 0 saturated heterocycles. The van der Waals surface area contributed by atoms with E-state index in [1.807, 2.05) is 26.8 Å². The minimum atomic E-state index is -0.529. The molecule has 4 nitrogen and oxygen atoms in total. The summed E-state index contributed by atoms with van der Waals surface area (Å²) in [5.74, 6) is -0.933. The third kappa shape index (κ3) is 4.25. The molecular formula is C15H18O4. The smallest absolute Gasteiger partial charge is 0.338 e. The van der Waals surface area contributed by atoms with Crippen LogP contribution in [-0.4, -0.2) is 25.2 Å². The lowest BCUT2D eigenvalue weighted by Crippen LogP contribution is -2.14. The molecule has 0 aliphatic carbocycles. The Morgan fingerprint density at radius 3 is 2.42 bits per heavy atom. The van der Waals surface area contributed by atoms with Gasteiger partial charge >= 0.3 is 11.9 Å². The molecule has 0 aliphatic rings. The monoisotopic (exact) mass is 262 g/mol. The first-order chi connectivity index (χ1) is 8.95. The fourth-order valence-electron chi connectivity index (χ4n) is 1.67. The SMILES string of the molecule is C=CC(=O)OCCOC(=O)c1cc(C)cc(C)c1C. The summed E-state index contributed by atoms with van der Waals surface area (Å²) < 4.78 is 9.78. The van der Waals surface area contributed by atoms with Crippen molar-refractivity contribution in [2.24, 2.45) is 0 Å². The van der Waals surface area contributed by atoms with Crippen LogP contribution in [0.3, 0.4) is 0 Å². The van der Waals surface area contributed by atoms with E-state index in [0.717, 1.165) is 22.8 Å². The number of hydrogen-bond donors (Lipinski definition) is 0. The van der Waals surface area contributed by atoms with Crippen molar-refractivity contribution in [1.29, 1.82) is 0 Å². The first-order valence-electron chi connectivity index (χ1n) is 6.00. The summed E-state index contributed by atoms with van der Waals surface area (Å²) in [5, 5.41) is 0. The molecule has 19 heavy (non-hydrogen) atoms. The molecule has 4 heteroatoms. The molecule has 0 bridgehead atoms. The van der Waals surface area contributed by atoms with Crippen LogP contribution < -0.4 is 0 Å². The van der Waals surface area contributed by atoms with Gasteiger partial charge in [0.05, 0.1) is 5.56 Å². The standard InChI is InChI=1S/C15H18O4/c1-5-14(16)18-6-7-19-15(17)13-9-10(2)8-11(3)12(13)4/h5,8-9H,1,6-7H2,2-4H3. The van der Waals surface area contributed by atoms with Crippen molar-refractivity contribution in [3.8, 4) is 0 Å². The van der Waals surface area contributed by atoms with Crippen molar-refractivity contribution in [3.63, 3.8) is 0 Å². The molecular weight excluding hydrogens is 244 g/mol. The first-order valence-corrected chi connectivity index (χ1v) is 6.00. The highest BCUT2D eigenvalue weighted by Crippen LogP contribution is 2.16. The zero-order valence-corrected chi connectivity index (χ0v) is 11.5. The highest BCUT2D eigenvalue weighted by molar-refractivity contribution is 5.91. The van der Waals surface area contributed by atoms with E-state index in [9.17, 15) is 9.59 Å². The predicted molar refractivity (Wildman–Crippen MR) is 72.1 cm³/mol. The molecule has 102 valence electrons. The van der Waals surface area contributed by atoms with Crippen LogP contribution in [-0.2, 0) is 14.3 Å².